The number of carbonyl (C=O) groups excluding carboxylic acids is 2. The summed E-state index contributed by atoms with van der Waals surface area (Å²) in [6.45, 7) is 5.09. The van der Waals surface area contributed by atoms with Gasteiger partial charge in [0.1, 0.15) is 5.82 Å². The summed E-state index contributed by atoms with van der Waals surface area (Å²) >= 11 is 1.38. The first-order valence-corrected chi connectivity index (χ1v) is 13.0. The van der Waals surface area contributed by atoms with Gasteiger partial charge in [-0.25, -0.2) is 4.39 Å². The molecule has 0 bridgehead atoms. The van der Waals surface area contributed by atoms with Crippen molar-refractivity contribution in [2.24, 2.45) is 0 Å². The van der Waals surface area contributed by atoms with E-state index in [1.807, 2.05) is 38.1 Å². The highest BCUT2D eigenvalue weighted by Gasteiger charge is 2.29. The number of hydrogen-bond donors (Lipinski definition) is 1. The Bertz CT molecular complexity index is 1270. The molecule has 0 spiro atoms. The fraction of sp³-hybridized carbons (Fsp3) is 0.241. The largest absolute Gasteiger partial charge is 0.351 e. The SMILES string of the molecule is CCOC(CNC(=O)c1ccc(/C=C2/Sc3ccccc3N(Cc3ccccc3F)C2=O)cc1)OCC. The molecular weight excluding hydrogens is 491 g/mol. The summed E-state index contributed by atoms with van der Waals surface area (Å²) in [4.78, 5) is 29.1. The number of anilines is 1. The molecule has 6 nitrogen and oxygen atoms in total. The van der Waals surface area contributed by atoms with Crippen LogP contribution >= 0.6 is 11.8 Å². The van der Waals surface area contributed by atoms with Crippen molar-refractivity contribution >= 4 is 35.3 Å². The Morgan fingerprint density at radius 1 is 1.00 bits per heavy atom. The second-order valence-electron chi connectivity index (χ2n) is 8.23. The van der Waals surface area contributed by atoms with E-state index in [0.29, 0.717) is 29.2 Å². The minimum absolute atomic E-state index is 0.129. The van der Waals surface area contributed by atoms with Gasteiger partial charge in [-0.1, -0.05) is 54.2 Å². The van der Waals surface area contributed by atoms with Crippen LogP contribution in [0.3, 0.4) is 0 Å². The molecule has 192 valence electrons. The molecule has 3 aromatic rings. The molecule has 1 aliphatic heterocycles. The van der Waals surface area contributed by atoms with E-state index in [9.17, 15) is 14.0 Å². The first-order valence-electron chi connectivity index (χ1n) is 12.2. The van der Waals surface area contributed by atoms with Crippen LogP contribution in [0.15, 0.2) is 82.6 Å². The van der Waals surface area contributed by atoms with Crippen LogP contribution in [-0.4, -0.2) is 37.9 Å². The van der Waals surface area contributed by atoms with Gasteiger partial charge in [-0.3, -0.25) is 9.59 Å². The molecule has 0 fully saturated rings. The summed E-state index contributed by atoms with van der Waals surface area (Å²) < 4.78 is 25.3. The van der Waals surface area contributed by atoms with Crippen LogP contribution in [0.1, 0.15) is 35.3 Å². The molecule has 1 aliphatic rings. The fourth-order valence-electron chi connectivity index (χ4n) is 3.91. The van der Waals surface area contributed by atoms with Crippen LogP contribution in [0.5, 0.6) is 0 Å². The summed E-state index contributed by atoms with van der Waals surface area (Å²) in [5.74, 6) is -0.789. The number of fused-ring (bicyclic) bond motifs is 1. The standard InChI is InChI=1S/C29H29FN2O4S/c1-3-35-27(36-4-2)18-31-28(33)21-15-13-20(14-16-21)17-26-29(34)32(19-22-9-5-6-10-23(22)30)24-11-7-8-12-25(24)37-26/h5-17,27H,3-4,18-19H2,1-2H3,(H,31,33)/b26-17+. The molecule has 0 aromatic heterocycles. The molecule has 1 heterocycles. The van der Waals surface area contributed by atoms with E-state index in [1.165, 1.54) is 17.8 Å². The number of rotatable bonds is 10. The molecule has 0 saturated carbocycles. The zero-order valence-corrected chi connectivity index (χ0v) is 21.6. The van der Waals surface area contributed by atoms with Gasteiger partial charge < -0.3 is 19.7 Å². The number of ether oxygens (including phenoxy) is 2. The monoisotopic (exact) mass is 520 g/mol. The van der Waals surface area contributed by atoms with Crippen molar-refractivity contribution in [2.75, 3.05) is 24.7 Å². The molecule has 2 amide bonds. The lowest BCUT2D eigenvalue weighted by Crippen LogP contribution is -2.35. The van der Waals surface area contributed by atoms with E-state index in [2.05, 4.69) is 5.32 Å². The van der Waals surface area contributed by atoms with Crippen molar-refractivity contribution in [3.05, 3.63) is 100 Å². The Kier molecular flexibility index (Phi) is 9.11. The van der Waals surface area contributed by atoms with Crippen molar-refractivity contribution in [1.29, 1.82) is 0 Å². The minimum Gasteiger partial charge on any atom is -0.351 e. The summed E-state index contributed by atoms with van der Waals surface area (Å²) in [5, 5.41) is 2.82. The summed E-state index contributed by atoms with van der Waals surface area (Å²) in [7, 11) is 0. The van der Waals surface area contributed by atoms with Gasteiger partial charge in [0.25, 0.3) is 11.8 Å². The molecule has 0 radical (unpaired) electrons. The second kappa shape index (κ2) is 12.7. The van der Waals surface area contributed by atoms with E-state index in [1.54, 1.807) is 53.4 Å². The third kappa shape index (κ3) is 6.65. The Labute approximate surface area is 220 Å². The molecular formula is C29H29FN2O4S. The molecule has 37 heavy (non-hydrogen) atoms. The van der Waals surface area contributed by atoms with Crippen LogP contribution in [0.4, 0.5) is 10.1 Å². The minimum atomic E-state index is -0.493. The number of nitrogens with zero attached hydrogens (tertiary/aromatic N) is 1. The third-order valence-corrected chi connectivity index (χ3v) is 6.80. The lowest BCUT2D eigenvalue weighted by atomic mass is 10.1. The van der Waals surface area contributed by atoms with Gasteiger partial charge in [0, 0.05) is 29.2 Å². The molecule has 0 unspecified atom stereocenters. The predicted molar refractivity (Wildman–Crippen MR) is 144 cm³/mol. The normalized spacial score (nSPS) is 14.2. The summed E-state index contributed by atoms with van der Waals surface area (Å²) in [6.07, 6.45) is 1.30. The number of para-hydroxylation sites is 1. The Morgan fingerprint density at radius 3 is 2.38 bits per heavy atom. The average Bonchev–Trinajstić information content (AvgIpc) is 2.91. The maximum atomic E-state index is 14.4. The van der Waals surface area contributed by atoms with Gasteiger partial charge in [0.15, 0.2) is 6.29 Å². The Morgan fingerprint density at radius 2 is 1.68 bits per heavy atom. The van der Waals surface area contributed by atoms with Crippen molar-refractivity contribution in [3.8, 4) is 0 Å². The van der Waals surface area contributed by atoms with Crippen LogP contribution in [-0.2, 0) is 20.8 Å². The van der Waals surface area contributed by atoms with Crippen molar-refractivity contribution in [1.82, 2.24) is 5.32 Å². The lowest BCUT2D eigenvalue weighted by Gasteiger charge is -2.30. The highest BCUT2D eigenvalue weighted by atomic mass is 32.2. The third-order valence-electron chi connectivity index (χ3n) is 5.72. The highest BCUT2D eigenvalue weighted by molar-refractivity contribution is 8.04. The van der Waals surface area contributed by atoms with Gasteiger partial charge in [-0.2, -0.15) is 0 Å². The van der Waals surface area contributed by atoms with E-state index >= 15 is 0 Å². The molecule has 0 atom stereocenters. The van der Waals surface area contributed by atoms with Crippen LogP contribution in [0.2, 0.25) is 0 Å². The Balaban J connectivity index is 1.51. The quantitative estimate of drug-likeness (QED) is 0.277. The first kappa shape index (κ1) is 26.6. The number of carbonyl (C=O) groups is 2. The number of amides is 2. The number of halogens is 1. The average molecular weight is 521 g/mol. The van der Waals surface area contributed by atoms with Crippen LogP contribution < -0.4 is 10.2 Å². The molecule has 8 heteroatoms. The van der Waals surface area contributed by atoms with Gasteiger partial charge in [0.2, 0.25) is 0 Å². The molecule has 0 saturated heterocycles. The number of thioether (sulfide) groups is 1. The maximum absolute atomic E-state index is 14.4. The zero-order chi connectivity index (χ0) is 26.2. The lowest BCUT2D eigenvalue weighted by molar-refractivity contribution is -0.131. The molecule has 3 aromatic carbocycles. The van der Waals surface area contributed by atoms with E-state index in [-0.39, 0.29) is 30.7 Å². The molecule has 0 aliphatic carbocycles. The van der Waals surface area contributed by atoms with E-state index in [0.717, 1.165) is 16.1 Å². The van der Waals surface area contributed by atoms with Gasteiger partial charge in [-0.15, -0.1) is 0 Å². The smallest absolute Gasteiger partial charge is 0.265 e. The van der Waals surface area contributed by atoms with Crippen molar-refractivity contribution in [2.45, 2.75) is 31.6 Å². The van der Waals surface area contributed by atoms with Gasteiger partial charge in [-0.05, 0) is 55.8 Å². The van der Waals surface area contributed by atoms with Crippen LogP contribution in [0, 0.1) is 5.82 Å². The predicted octanol–water partition coefficient (Wildman–Crippen LogP) is 5.63. The molecule has 4 rings (SSSR count). The van der Waals surface area contributed by atoms with Crippen molar-refractivity contribution < 1.29 is 23.5 Å². The van der Waals surface area contributed by atoms with Crippen LogP contribution in [0.25, 0.3) is 6.08 Å². The van der Waals surface area contributed by atoms with Gasteiger partial charge in [0.05, 0.1) is 23.7 Å². The topological polar surface area (TPSA) is 67.9 Å². The number of hydrogen-bond acceptors (Lipinski definition) is 5. The van der Waals surface area contributed by atoms with E-state index in [4.69, 9.17) is 9.47 Å². The second-order valence-corrected chi connectivity index (χ2v) is 9.32. The molecule has 1 N–H and O–H groups in total. The van der Waals surface area contributed by atoms with Crippen molar-refractivity contribution in [3.63, 3.8) is 0 Å². The first-order chi connectivity index (χ1) is 18.0. The number of benzene rings is 3. The summed E-state index contributed by atoms with van der Waals surface area (Å²) in [6, 6.07) is 21.1. The number of nitrogens with one attached hydrogen (secondary N) is 1. The highest BCUT2D eigenvalue weighted by Crippen LogP contribution is 2.42. The fourth-order valence-corrected chi connectivity index (χ4v) is 4.97. The maximum Gasteiger partial charge on any atom is 0.265 e. The van der Waals surface area contributed by atoms with E-state index < -0.39 is 6.29 Å². The zero-order valence-electron chi connectivity index (χ0n) is 20.8. The Hall–Kier alpha value is -3.46. The summed E-state index contributed by atoms with van der Waals surface area (Å²) in [5.41, 5.74) is 2.47. The van der Waals surface area contributed by atoms with Gasteiger partial charge >= 0.3 is 0 Å².